The predicted molar refractivity (Wildman–Crippen MR) is 62.9 cm³/mol. The molecule has 0 aliphatic carbocycles. The van der Waals surface area contributed by atoms with E-state index in [1.165, 1.54) is 24.3 Å². The second-order valence-electron chi connectivity index (χ2n) is 3.17. The number of hydrogen-bond donors (Lipinski definition) is 0. The van der Waals surface area contributed by atoms with Crippen molar-refractivity contribution in [2.24, 2.45) is 0 Å². The molecule has 0 spiro atoms. The van der Waals surface area contributed by atoms with Gasteiger partial charge in [-0.2, -0.15) is 0 Å². The van der Waals surface area contributed by atoms with Gasteiger partial charge in [-0.15, -0.1) is 0 Å². The van der Waals surface area contributed by atoms with Crippen molar-refractivity contribution in [3.05, 3.63) is 52.6 Å². The lowest BCUT2D eigenvalue weighted by atomic mass is 10.4. The number of hydrogen-bond acceptors (Lipinski definition) is 5. The van der Waals surface area contributed by atoms with Crippen LogP contribution in [0, 0.1) is 10.1 Å². The molecule has 2 rings (SSSR count). The summed E-state index contributed by atoms with van der Waals surface area (Å²) in [7, 11) is -3.64. The van der Waals surface area contributed by atoms with Crippen molar-refractivity contribution in [1.29, 1.82) is 0 Å². The molecule has 0 amide bonds. The smallest absolute Gasteiger partial charge is 0.258 e. The van der Waals surface area contributed by atoms with Crippen LogP contribution in [0.5, 0.6) is 0 Å². The Morgan fingerprint density at radius 2 is 1.71 bits per heavy atom. The first-order valence-corrected chi connectivity index (χ1v) is 6.86. The first kappa shape index (κ1) is 11.7. The highest BCUT2D eigenvalue weighted by molar-refractivity contribution is 7.93. The van der Waals surface area contributed by atoms with Gasteiger partial charge in [0.05, 0.1) is 9.82 Å². The van der Waals surface area contributed by atoms with E-state index in [0.29, 0.717) is 11.3 Å². The number of thiophene rings is 1. The van der Waals surface area contributed by atoms with Crippen molar-refractivity contribution < 1.29 is 13.3 Å². The van der Waals surface area contributed by atoms with Crippen LogP contribution in [0.4, 0.5) is 5.00 Å². The monoisotopic (exact) mass is 269 g/mol. The van der Waals surface area contributed by atoms with E-state index in [-0.39, 0.29) is 14.1 Å². The number of nitro groups is 1. The Hall–Kier alpha value is -1.73. The van der Waals surface area contributed by atoms with E-state index in [0.717, 1.165) is 0 Å². The van der Waals surface area contributed by atoms with Gasteiger partial charge in [-0.1, -0.05) is 29.5 Å². The van der Waals surface area contributed by atoms with Crippen molar-refractivity contribution in [2.75, 3.05) is 0 Å². The molecule has 0 atom stereocenters. The van der Waals surface area contributed by atoms with Crippen molar-refractivity contribution in [3.8, 4) is 0 Å². The number of nitrogens with zero attached hydrogens (tertiary/aromatic N) is 1. The van der Waals surface area contributed by atoms with Crippen LogP contribution in [0.1, 0.15) is 0 Å². The molecule has 2 aromatic rings. The van der Waals surface area contributed by atoms with E-state index < -0.39 is 14.8 Å². The largest absolute Gasteiger partial charge is 0.325 e. The number of benzene rings is 1. The summed E-state index contributed by atoms with van der Waals surface area (Å²) in [5.74, 6) is 0. The van der Waals surface area contributed by atoms with Crippen LogP contribution in [0.25, 0.3) is 0 Å². The SMILES string of the molecule is O=[N+]([O-])c1ccc(S(=O)(=O)c2ccccc2)s1. The summed E-state index contributed by atoms with van der Waals surface area (Å²) in [6.07, 6.45) is 0. The normalized spacial score (nSPS) is 11.3. The summed E-state index contributed by atoms with van der Waals surface area (Å²) < 4.78 is 24.1. The minimum absolute atomic E-state index is 0.0181. The molecule has 1 aromatic carbocycles. The van der Waals surface area contributed by atoms with Gasteiger partial charge in [-0.25, -0.2) is 8.42 Å². The van der Waals surface area contributed by atoms with E-state index in [9.17, 15) is 18.5 Å². The topological polar surface area (TPSA) is 77.3 Å². The molecule has 17 heavy (non-hydrogen) atoms. The Morgan fingerprint density at radius 3 is 2.24 bits per heavy atom. The molecule has 0 bridgehead atoms. The summed E-state index contributed by atoms with van der Waals surface area (Å²) in [5.41, 5.74) is 0. The van der Waals surface area contributed by atoms with Crippen LogP contribution >= 0.6 is 11.3 Å². The summed E-state index contributed by atoms with van der Waals surface area (Å²) >= 11 is 0.656. The van der Waals surface area contributed by atoms with Gasteiger partial charge >= 0.3 is 5.00 Å². The maximum absolute atomic E-state index is 12.1. The first-order valence-electron chi connectivity index (χ1n) is 4.56. The molecule has 5 nitrogen and oxygen atoms in total. The van der Waals surface area contributed by atoms with E-state index in [1.54, 1.807) is 18.2 Å². The second kappa shape index (κ2) is 4.27. The highest BCUT2D eigenvalue weighted by Crippen LogP contribution is 2.31. The van der Waals surface area contributed by atoms with Crippen LogP contribution in [0.15, 0.2) is 51.6 Å². The number of sulfone groups is 1. The van der Waals surface area contributed by atoms with Gasteiger partial charge < -0.3 is 0 Å². The maximum Gasteiger partial charge on any atom is 0.325 e. The molecule has 7 heteroatoms. The standard InChI is InChI=1S/C10H7NO4S2/c12-11(13)9-6-7-10(16-9)17(14,15)8-4-2-1-3-5-8/h1-7H. The molecule has 0 fully saturated rings. The fraction of sp³-hybridized carbons (Fsp3) is 0. The Kier molecular flexibility index (Phi) is 2.95. The van der Waals surface area contributed by atoms with Gasteiger partial charge in [0, 0.05) is 6.07 Å². The van der Waals surface area contributed by atoms with Gasteiger partial charge in [0.2, 0.25) is 9.84 Å². The molecule has 0 N–H and O–H groups in total. The molecule has 0 unspecified atom stereocenters. The average Bonchev–Trinajstić information content (AvgIpc) is 2.80. The highest BCUT2D eigenvalue weighted by Gasteiger charge is 2.22. The van der Waals surface area contributed by atoms with E-state index >= 15 is 0 Å². The molecule has 0 saturated carbocycles. The van der Waals surface area contributed by atoms with Crippen molar-refractivity contribution in [3.63, 3.8) is 0 Å². The quantitative estimate of drug-likeness (QED) is 0.633. The molecule has 0 radical (unpaired) electrons. The van der Waals surface area contributed by atoms with Crippen LogP contribution in [0.2, 0.25) is 0 Å². The third-order valence-corrected chi connectivity index (χ3v) is 5.36. The maximum atomic E-state index is 12.1. The lowest BCUT2D eigenvalue weighted by Gasteiger charge is -1.99. The van der Waals surface area contributed by atoms with Gasteiger partial charge in [0.1, 0.15) is 4.21 Å². The molecule has 1 heterocycles. The highest BCUT2D eigenvalue weighted by atomic mass is 32.2. The van der Waals surface area contributed by atoms with Crippen molar-refractivity contribution in [1.82, 2.24) is 0 Å². The first-order chi connectivity index (χ1) is 8.01. The third-order valence-electron chi connectivity index (χ3n) is 2.07. The number of rotatable bonds is 3. The van der Waals surface area contributed by atoms with Crippen LogP contribution < -0.4 is 0 Å². The molecular formula is C10H7NO4S2. The zero-order valence-corrected chi connectivity index (χ0v) is 10.1. The van der Waals surface area contributed by atoms with E-state index in [2.05, 4.69) is 0 Å². The lowest BCUT2D eigenvalue weighted by Crippen LogP contribution is -1.98. The Balaban J connectivity index is 2.49. The lowest BCUT2D eigenvalue weighted by molar-refractivity contribution is -0.380. The van der Waals surface area contributed by atoms with Gasteiger partial charge in [-0.3, -0.25) is 10.1 Å². The summed E-state index contributed by atoms with van der Waals surface area (Å²) in [4.78, 5) is 10.0. The van der Waals surface area contributed by atoms with E-state index in [4.69, 9.17) is 0 Å². The minimum Gasteiger partial charge on any atom is -0.258 e. The molecule has 0 aliphatic heterocycles. The van der Waals surface area contributed by atoms with Crippen LogP contribution in [-0.2, 0) is 9.84 Å². The molecular weight excluding hydrogens is 262 g/mol. The van der Waals surface area contributed by atoms with Crippen molar-refractivity contribution in [2.45, 2.75) is 9.10 Å². The fourth-order valence-electron chi connectivity index (χ4n) is 1.27. The van der Waals surface area contributed by atoms with Crippen LogP contribution in [-0.4, -0.2) is 13.3 Å². The molecule has 88 valence electrons. The fourth-order valence-corrected chi connectivity index (χ4v) is 3.80. The second-order valence-corrected chi connectivity index (χ2v) is 6.41. The molecule has 1 aromatic heterocycles. The van der Waals surface area contributed by atoms with E-state index in [1.807, 2.05) is 0 Å². The Labute approximate surface area is 101 Å². The summed E-state index contributed by atoms with van der Waals surface area (Å²) in [6.45, 7) is 0. The van der Waals surface area contributed by atoms with Crippen molar-refractivity contribution >= 4 is 26.2 Å². The zero-order valence-electron chi connectivity index (χ0n) is 8.44. The summed E-state index contributed by atoms with van der Waals surface area (Å²) in [6, 6.07) is 10.3. The van der Waals surface area contributed by atoms with Gasteiger partial charge in [-0.05, 0) is 18.2 Å². The average molecular weight is 269 g/mol. The Bertz CT molecular complexity index is 646. The molecule has 0 aliphatic rings. The summed E-state index contributed by atoms with van der Waals surface area (Å²) in [5, 5.41) is 10.3. The minimum atomic E-state index is -3.64. The van der Waals surface area contributed by atoms with Gasteiger partial charge in [0.15, 0.2) is 0 Å². The van der Waals surface area contributed by atoms with Gasteiger partial charge in [0.25, 0.3) is 0 Å². The van der Waals surface area contributed by atoms with Crippen LogP contribution in [0.3, 0.4) is 0 Å². The zero-order chi connectivity index (χ0) is 12.5. The Morgan fingerprint density at radius 1 is 1.06 bits per heavy atom. The predicted octanol–water partition coefficient (Wildman–Crippen LogP) is 2.49. The third kappa shape index (κ3) is 2.20. The molecule has 0 saturated heterocycles.